The summed E-state index contributed by atoms with van der Waals surface area (Å²) in [5, 5.41) is 3.86. The lowest BCUT2D eigenvalue weighted by Gasteiger charge is -2.36. The predicted octanol–water partition coefficient (Wildman–Crippen LogP) is 0.445. The Morgan fingerprint density at radius 3 is 2.62 bits per heavy atom. The molecule has 0 aromatic carbocycles. The second kappa shape index (κ2) is 6.71. The van der Waals surface area contributed by atoms with E-state index in [9.17, 15) is 14.4 Å². The molecular formula is C14H18N4O5S. The molecule has 10 heteroatoms. The Labute approximate surface area is 142 Å². The predicted molar refractivity (Wildman–Crippen MR) is 82.6 cm³/mol. The van der Waals surface area contributed by atoms with Crippen molar-refractivity contribution in [3.8, 4) is 0 Å². The van der Waals surface area contributed by atoms with E-state index in [0.29, 0.717) is 36.5 Å². The Balaban J connectivity index is 1.64. The van der Waals surface area contributed by atoms with E-state index in [0.717, 1.165) is 11.5 Å². The summed E-state index contributed by atoms with van der Waals surface area (Å²) in [6, 6.07) is -0.850. The second-order valence-corrected chi connectivity index (χ2v) is 6.49. The van der Waals surface area contributed by atoms with Crippen LogP contribution in [-0.4, -0.2) is 76.2 Å². The lowest BCUT2D eigenvalue weighted by atomic mass is 10.0. The number of aryl methyl sites for hydroxylation is 1. The van der Waals surface area contributed by atoms with Crippen LogP contribution in [0.15, 0.2) is 0 Å². The largest absolute Gasteiger partial charge is 0.467 e. The number of amides is 2. The molecule has 0 radical (unpaired) electrons. The maximum Gasteiger partial charge on any atom is 0.410 e. The minimum Gasteiger partial charge on any atom is -0.467 e. The van der Waals surface area contributed by atoms with Crippen molar-refractivity contribution in [2.24, 2.45) is 0 Å². The Bertz CT molecular complexity index is 655. The summed E-state index contributed by atoms with van der Waals surface area (Å²) < 4.78 is 13.5. The highest BCUT2D eigenvalue weighted by molar-refractivity contribution is 7.07. The Hall–Kier alpha value is -2.23. The fraction of sp³-hybridized carbons (Fsp3) is 0.643. The summed E-state index contributed by atoms with van der Waals surface area (Å²) in [6.45, 7) is 2.76. The number of methoxy groups -OCH3 is 1. The first-order valence-corrected chi connectivity index (χ1v) is 8.41. The topological polar surface area (TPSA) is 102 Å². The van der Waals surface area contributed by atoms with Gasteiger partial charge in [0.25, 0.3) is 5.91 Å². The summed E-state index contributed by atoms with van der Waals surface area (Å²) in [5.74, 6) is -0.569. The van der Waals surface area contributed by atoms with E-state index in [1.54, 1.807) is 11.8 Å². The zero-order chi connectivity index (χ0) is 17.3. The first kappa shape index (κ1) is 16.6. The molecule has 2 saturated heterocycles. The molecule has 0 aliphatic carbocycles. The standard InChI is InChI=1S/C14H18N4O5S/c1-8-11(24-16-15-8)12(19)17-5-3-9(4-6-17)18-10(13(20)22-2)7-23-14(18)21/h9-10H,3-7H2,1-2H3. The van der Waals surface area contributed by atoms with Crippen molar-refractivity contribution >= 4 is 29.5 Å². The first-order chi connectivity index (χ1) is 11.5. The molecule has 0 bridgehead atoms. The van der Waals surface area contributed by atoms with Gasteiger partial charge >= 0.3 is 12.1 Å². The van der Waals surface area contributed by atoms with E-state index in [-0.39, 0.29) is 18.6 Å². The highest BCUT2D eigenvalue weighted by Gasteiger charge is 2.44. The van der Waals surface area contributed by atoms with Gasteiger partial charge < -0.3 is 14.4 Å². The van der Waals surface area contributed by atoms with E-state index >= 15 is 0 Å². The summed E-state index contributed by atoms with van der Waals surface area (Å²) in [4.78, 5) is 40.0. The van der Waals surface area contributed by atoms with Gasteiger partial charge in [0, 0.05) is 19.1 Å². The molecule has 3 heterocycles. The molecule has 130 valence electrons. The number of cyclic esters (lactones) is 1. The number of rotatable bonds is 3. The van der Waals surface area contributed by atoms with E-state index in [1.807, 2.05) is 0 Å². The third kappa shape index (κ3) is 2.93. The average Bonchev–Trinajstić information content (AvgIpc) is 3.19. The van der Waals surface area contributed by atoms with Gasteiger partial charge in [-0.2, -0.15) is 0 Å². The van der Waals surface area contributed by atoms with Crippen LogP contribution in [-0.2, 0) is 14.3 Å². The van der Waals surface area contributed by atoms with Crippen LogP contribution in [0.2, 0.25) is 0 Å². The van der Waals surface area contributed by atoms with E-state index < -0.39 is 18.1 Å². The third-order valence-corrected chi connectivity index (χ3v) is 5.19. The molecule has 1 aromatic heterocycles. The molecular weight excluding hydrogens is 336 g/mol. The number of ether oxygens (including phenoxy) is 2. The van der Waals surface area contributed by atoms with Crippen molar-refractivity contribution in [1.29, 1.82) is 0 Å². The Morgan fingerprint density at radius 2 is 2.04 bits per heavy atom. The molecule has 2 aliphatic heterocycles. The fourth-order valence-electron chi connectivity index (χ4n) is 3.07. The van der Waals surface area contributed by atoms with Crippen molar-refractivity contribution in [2.45, 2.75) is 31.8 Å². The molecule has 1 unspecified atom stereocenters. The molecule has 0 saturated carbocycles. The van der Waals surface area contributed by atoms with Gasteiger partial charge in [0.1, 0.15) is 11.5 Å². The van der Waals surface area contributed by atoms with Crippen LogP contribution in [0, 0.1) is 6.92 Å². The van der Waals surface area contributed by atoms with Gasteiger partial charge in [-0.3, -0.25) is 9.69 Å². The molecule has 1 atom stereocenters. The van der Waals surface area contributed by atoms with Crippen molar-refractivity contribution in [3.05, 3.63) is 10.6 Å². The maximum atomic E-state index is 12.5. The van der Waals surface area contributed by atoms with Gasteiger partial charge in [-0.15, -0.1) is 5.10 Å². The minimum atomic E-state index is -0.706. The number of carbonyl (C=O) groups excluding carboxylic acids is 3. The Morgan fingerprint density at radius 1 is 1.33 bits per heavy atom. The first-order valence-electron chi connectivity index (χ1n) is 7.64. The van der Waals surface area contributed by atoms with Crippen molar-refractivity contribution < 1.29 is 23.9 Å². The van der Waals surface area contributed by atoms with Gasteiger partial charge in [-0.25, -0.2) is 9.59 Å². The number of aromatic nitrogens is 2. The van der Waals surface area contributed by atoms with Crippen LogP contribution in [0.3, 0.4) is 0 Å². The number of likely N-dealkylation sites (tertiary alicyclic amines) is 1. The number of hydrogen-bond acceptors (Lipinski definition) is 8. The van der Waals surface area contributed by atoms with Gasteiger partial charge in [-0.1, -0.05) is 4.49 Å². The van der Waals surface area contributed by atoms with Crippen LogP contribution in [0.4, 0.5) is 4.79 Å². The Kier molecular flexibility index (Phi) is 4.65. The quantitative estimate of drug-likeness (QED) is 0.726. The van der Waals surface area contributed by atoms with E-state index in [1.165, 1.54) is 12.0 Å². The van der Waals surface area contributed by atoms with Gasteiger partial charge in [0.05, 0.1) is 12.8 Å². The minimum absolute atomic E-state index is 0.0103. The molecule has 2 aliphatic rings. The summed E-state index contributed by atoms with van der Waals surface area (Å²) in [6.07, 6.45) is 0.664. The lowest BCUT2D eigenvalue weighted by molar-refractivity contribution is -0.145. The normalized spacial score (nSPS) is 21.8. The highest BCUT2D eigenvalue weighted by Crippen LogP contribution is 2.26. The average molecular weight is 354 g/mol. The smallest absolute Gasteiger partial charge is 0.410 e. The van der Waals surface area contributed by atoms with Crippen LogP contribution >= 0.6 is 11.5 Å². The molecule has 0 spiro atoms. The van der Waals surface area contributed by atoms with Gasteiger partial charge in [0.15, 0.2) is 6.04 Å². The van der Waals surface area contributed by atoms with Gasteiger partial charge in [0.2, 0.25) is 0 Å². The summed E-state index contributed by atoms with van der Waals surface area (Å²) in [5.41, 5.74) is 0.626. The number of nitrogens with zero attached hydrogens (tertiary/aromatic N) is 4. The number of hydrogen-bond donors (Lipinski definition) is 0. The number of esters is 1. The van der Waals surface area contributed by atoms with Crippen LogP contribution in [0.1, 0.15) is 28.2 Å². The van der Waals surface area contributed by atoms with E-state index in [4.69, 9.17) is 9.47 Å². The molecule has 0 N–H and O–H groups in total. The lowest BCUT2D eigenvalue weighted by Crippen LogP contribution is -2.51. The number of piperidine rings is 1. The SMILES string of the molecule is COC(=O)C1COC(=O)N1C1CCN(C(=O)c2snnc2C)CC1. The third-order valence-electron chi connectivity index (χ3n) is 4.38. The second-order valence-electron chi connectivity index (χ2n) is 5.73. The van der Waals surface area contributed by atoms with Gasteiger partial charge in [-0.05, 0) is 31.3 Å². The molecule has 1 aromatic rings. The van der Waals surface area contributed by atoms with Crippen LogP contribution < -0.4 is 0 Å². The zero-order valence-electron chi connectivity index (χ0n) is 13.4. The number of carbonyl (C=O) groups is 3. The van der Waals surface area contributed by atoms with Crippen molar-refractivity contribution in [2.75, 3.05) is 26.8 Å². The molecule has 24 heavy (non-hydrogen) atoms. The summed E-state index contributed by atoms with van der Waals surface area (Å²) in [7, 11) is 1.29. The monoisotopic (exact) mass is 354 g/mol. The summed E-state index contributed by atoms with van der Waals surface area (Å²) >= 11 is 1.09. The van der Waals surface area contributed by atoms with Crippen LogP contribution in [0.25, 0.3) is 0 Å². The van der Waals surface area contributed by atoms with Crippen molar-refractivity contribution in [3.63, 3.8) is 0 Å². The molecule has 2 amide bonds. The highest BCUT2D eigenvalue weighted by atomic mass is 32.1. The fourth-order valence-corrected chi connectivity index (χ4v) is 3.70. The zero-order valence-corrected chi connectivity index (χ0v) is 14.2. The van der Waals surface area contributed by atoms with E-state index in [2.05, 4.69) is 9.59 Å². The molecule has 9 nitrogen and oxygen atoms in total. The molecule has 2 fully saturated rings. The maximum absolute atomic E-state index is 12.5. The van der Waals surface area contributed by atoms with Crippen molar-refractivity contribution in [1.82, 2.24) is 19.4 Å². The molecule has 3 rings (SSSR count). The van der Waals surface area contributed by atoms with Crippen LogP contribution in [0.5, 0.6) is 0 Å².